The van der Waals surface area contributed by atoms with Crippen LogP contribution in [0.4, 0.5) is 0 Å². The van der Waals surface area contributed by atoms with Gasteiger partial charge in [-0.2, -0.15) is 0 Å². The first kappa shape index (κ1) is 4.50. The number of aliphatic hydroxyl groups is 1. The Morgan fingerprint density at radius 1 is 1.50 bits per heavy atom. The van der Waals surface area contributed by atoms with E-state index in [9.17, 15) is 4.79 Å². The maximum absolute atomic E-state index is 10.7. The highest BCUT2D eigenvalue weighted by atomic mass is 16.3. The zero-order valence-electron chi connectivity index (χ0n) is 4.50. The van der Waals surface area contributed by atoms with Crippen molar-refractivity contribution in [2.75, 3.05) is 0 Å². The third kappa shape index (κ3) is 0.388. The Labute approximate surface area is 47.5 Å². The lowest BCUT2D eigenvalue weighted by molar-refractivity contribution is -0.126. The van der Waals surface area contributed by atoms with Crippen LogP contribution in [0, 0.1) is 11.8 Å². The maximum atomic E-state index is 10.7. The van der Waals surface area contributed by atoms with Gasteiger partial charge in [0.2, 0.25) is 0 Å². The summed E-state index contributed by atoms with van der Waals surface area (Å²) in [6.45, 7) is 0. The lowest BCUT2D eigenvalue weighted by atomic mass is 10.2. The van der Waals surface area contributed by atoms with Gasteiger partial charge in [-0.25, -0.2) is 0 Å². The van der Waals surface area contributed by atoms with E-state index in [1.54, 1.807) is 0 Å². The molecule has 44 valence electrons. The molecule has 0 saturated heterocycles. The normalized spacial score (nSPS) is 51.6. The largest absolute Gasteiger partial charge is 0.385 e. The summed E-state index contributed by atoms with van der Waals surface area (Å²) >= 11 is 0. The number of hydrogen-bond donors (Lipinski definition) is 1. The minimum absolute atomic E-state index is 0.0926. The van der Waals surface area contributed by atoms with Crippen LogP contribution in [0.15, 0.2) is 0 Å². The van der Waals surface area contributed by atoms with E-state index in [-0.39, 0.29) is 11.7 Å². The van der Waals surface area contributed by atoms with Crippen molar-refractivity contribution in [3.05, 3.63) is 0 Å². The quantitative estimate of drug-likeness (QED) is 0.477. The van der Waals surface area contributed by atoms with Crippen LogP contribution >= 0.6 is 0 Å². The van der Waals surface area contributed by atoms with Gasteiger partial charge < -0.3 is 5.11 Å². The average Bonchev–Trinajstić information content (AvgIpc) is 2.39. The molecule has 2 rings (SSSR count). The fraction of sp³-hybridized carbons (Fsp3) is 0.833. The van der Waals surface area contributed by atoms with E-state index in [0.717, 1.165) is 12.8 Å². The Morgan fingerprint density at radius 2 is 2.25 bits per heavy atom. The van der Waals surface area contributed by atoms with Gasteiger partial charge in [0, 0.05) is 5.92 Å². The first-order valence-corrected chi connectivity index (χ1v) is 3.01. The minimum atomic E-state index is -0.598. The van der Waals surface area contributed by atoms with Crippen molar-refractivity contribution in [3.63, 3.8) is 0 Å². The van der Waals surface area contributed by atoms with Crippen LogP contribution in [0.3, 0.4) is 0 Å². The zero-order valence-corrected chi connectivity index (χ0v) is 4.50. The van der Waals surface area contributed by atoms with Gasteiger partial charge in [-0.1, -0.05) is 0 Å². The van der Waals surface area contributed by atoms with Crippen LogP contribution < -0.4 is 0 Å². The van der Waals surface area contributed by atoms with Crippen molar-refractivity contribution in [2.45, 2.75) is 18.9 Å². The molecule has 8 heavy (non-hydrogen) atoms. The SMILES string of the molecule is O=C1C(O)CC2CC12. The predicted octanol–water partition coefficient (Wildman–Crippen LogP) is -0.0438. The average molecular weight is 112 g/mol. The minimum Gasteiger partial charge on any atom is -0.385 e. The first-order valence-electron chi connectivity index (χ1n) is 3.01. The molecule has 0 spiro atoms. The maximum Gasteiger partial charge on any atom is 0.164 e. The van der Waals surface area contributed by atoms with Crippen molar-refractivity contribution < 1.29 is 9.90 Å². The van der Waals surface area contributed by atoms with Crippen LogP contribution in [-0.2, 0) is 4.79 Å². The third-order valence-corrected chi connectivity index (χ3v) is 2.14. The van der Waals surface area contributed by atoms with Crippen molar-refractivity contribution >= 4 is 5.78 Å². The smallest absolute Gasteiger partial charge is 0.164 e. The molecular formula is C6H8O2. The number of aliphatic hydroxyl groups excluding tert-OH is 1. The fourth-order valence-corrected chi connectivity index (χ4v) is 1.51. The Bertz CT molecular complexity index is 137. The summed E-state index contributed by atoms with van der Waals surface area (Å²) in [6.07, 6.45) is 1.19. The lowest BCUT2D eigenvalue weighted by Crippen LogP contribution is -2.15. The van der Waals surface area contributed by atoms with E-state index in [1.807, 2.05) is 0 Å². The molecule has 0 heterocycles. The molecular weight excluding hydrogens is 104 g/mol. The van der Waals surface area contributed by atoms with E-state index < -0.39 is 6.10 Å². The van der Waals surface area contributed by atoms with Gasteiger partial charge >= 0.3 is 0 Å². The zero-order chi connectivity index (χ0) is 5.72. The molecule has 1 N–H and O–H groups in total. The van der Waals surface area contributed by atoms with Crippen molar-refractivity contribution in [3.8, 4) is 0 Å². The van der Waals surface area contributed by atoms with E-state index in [4.69, 9.17) is 5.11 Å². The number of Topliss-reactive ketones (excluding diaryl/α,β-unsaturated/α-hetero) is 1. The fourth-order valence-electron chi connectivity index (χ4n) is 1.51. The first-order chi connectivity index (χ1) is 3.79. The number of fused-ring (bicyclic) bond motifs is 1. The van der Waals surface area contributed by atoms with Crippen LogP contribution in [0.5, 0.6) is 0 Å². The molecule has 2 aliphatic rings. The summed E-state index contributed by atoms with van der Waals surface area (Å²) in [7, 11) is 0. The number of carbonyl (C=O) groups excluding carboxylic acids is 1. The van der Waals surface area contributed by atoms with E-state index >= 15 is 0 Å². The number of carbonyl (C=O) groups is 1. The highest BCUT2D eigenvalue weighted by molar-refractivity contribution is 5.90. The second-order valence-electron chi connectivity index (χ2n) is 2.76. The van der Waals surface area contributed by atoms with E-state index in [0.29, 0.717) is 5.92 Å². The van der Waals surface area contributed by atoms with Gasteiger partial charge in [0.25, 0.3) is 0 Å². The summed E-state index contributed by atoms with van der Waals surface area (Å²) in [5.41, 5.74) is 0. The molecule has 0 bridgehead atoms. The molecule has 3 atom stereocenters. The number of hydrogen-bond acceptors (Lipinski definition) is 2. The summed E-state index contributed by atoms with van der Waals surface area (Å²) < 4.78 is 0. The second kappa shape index (κ2) is 1.13. The molecule has 0 radical (unpaired) electrons. The Morgan fingerprint density at radius 3 is 2.50 bits per heavy atom. The summed E-state index contributed by atoms with van der Waals surface area (Å²) in [5.74, 6) is 0.928. The molecule has 0 aliphatic heterocycles. The molecule has 0 aromatic heterocycles. The van der Waals surface area contributed by atoms with Gasteiger partial charge in [0.05, 0.1) is 0 Å². The van der Waals surface area contributed by atoms with Gasteiger partial charge in [0.15, 0.2) is 5.78 Å². The van der Waals surface area contributed by atoms with Crippen molar-refractivity contribution in [2.24, 2.45) is 11.8 Å². The number of rotatable bonds is 0. The molecule has 2 fully saturated rings. The van der Waals surface area contributed by atoms with Crippen molar-refractivity contribution in [1.29, 1.82) is 0 Å². The molecule has 0 amide bonds. The lowest BCUT2D eigenvalue weighted by Gasteiger charge is -1.97. The van der Waals surface area contributed by atoms with E-state index in [2.05, 4.69) is 0 Å². The monoisotopic (exact) mass is 112 g/mol. The Balaban J connectivity index is 2.19. The highest BCUT2D eigenvalue weighted by Crippen LogP contribution is 2.49. The van der Waals surface area contributed by atoms with Gasteiger partial charge in [0.1, 0.15) is 6.10 Å². The van der Waals surface area contributed by atoms with Crippen molar-refractivity contribution in [1.82, 2.24) is 0 Å². The highest BCUT2D eigenvalue weighted by Gasteiger charge is 2.52. The van der Waals surface area contributed by atoms with Crippen LogP contribution in [0.25, 0.3) is 0 Å². The number of ketones is 1. The van der Waals surface area contributed by atoms with Crippen LogP contribution in [-0.4, -0.2) is 17.0 Å². The molecule has 2 nitrogen and oxygen atoms in total. The van der Waals surface area contributed by atoms with Crippen LogP contribution in [0.2, 0.25) is 0 Å². The molecule has 2 heteroatoms. The van der Waals surface area contributed by atoms with Gasteiger partial charge in [-0.15, -0.1) is 0 Å². The predicted molar refractivity (Wildman–Crippen MR) is 27.2 cm³/mol. The van der Waals surface area contributed by atoms with Gasteiger partial charge in [-0.3, -0.25) is 4.79 Å². The third-order valence-electron chi connectivity index (χ3n) is 2.14. The second-order valence-corrected chi connectivity index (χ2v) is 2.76. The Hall–Kier alpha value is -0.370. The summed E-state index contributed by atoms with van der Waals surface area (Å²) in [5, 5.41) is 8.85. The molecule has 0 aromatic rings. The summed E-state index contributed by atoms with van der Waals surface area (Å²) in [6, 6.07) is 0. The van der Waals surface area contributed by atoms with Crippen LogP contribution in [0.1, 0.15) is 12.8 Å². The molecule has 2 aliphatic carbocycles. The molecule has 0 aromatic carbocycles. The van der Waals surface area contributed by atoms with E-state index in [1.165, 1.54) is 0 Å². The standard InChI is InChI=1S/C6H8O2/c7-5-2-3-1-4(3)6(5)8/h3-5,7H,1-2H2. The summed E-state index contributed by atoms with van der Waals surface area (Å²) in [4.78, 5) is 10.7. The topological polar surface area (TPSA) is 37.3 Å². The molecule has 2 saturated carbocycles. The molecule has 3 unspecified atom stereocenters. The Kier molecular flexibility index (Phi) is 0.637. The van der Waals surface area contributed by atoms with Gasteiger partial charge in [-0.05, 0) is 18.8 Å².